The van der Waals surface area contributed by atoms with Crippen molar-refractivity contribution in [1.29, 1.82) is 0 Å². The molecule has 1 aromatic heterocycles. The van der Waals surface area contributed by atoms with Crippen LogP contribution in [0, 0.1) is 5.92 Å². The van der Waals surface area contributed by atoms with Crippen molar-refractivity contribution in [3.05, 3.63) is 60.1 Å². The topological polar surface area (TPSA) is 79.1 Å². The van der Waals surface area contributed by atoms with Gasteiger partial charge >= 0.3 is 0 Å². The SMILES string of the molecule is CN1C(=O)CC(CN=C(NCCc2ccco2)NCC2CCCO2)C1c1ccccc1.I. The van der Waals surface area contributed by atoms with Crippen molar-refractivity contribution in [2.75, 3.05) is 33.3 Å². The third-order valence-electron chi connectivity index (χ3n) is 6.08. The highest BCUT2D eigenvalue weighted by atomic mass is 127. The minimum atomic E-state index is 0. The number of nitrogens with zero attached hydrogens (tertiary/aromatic N) is 2. The summed E-state index contributed by atoms with van der Waals surface area (Å²) in [6.45, 7) is 2.87. The average molecular weight is 552 g/mol. The summed E-state index contributed by atoms with van der Waals surface area (Å²) in [5.41, 5.74) is 1.16. The number of likely N-dealkylation sites (tertiary alicyclic amines) is 1. The Morgan fingerprint density at radius 1 is 1.19 bits per heavy atom. The van der Waals surface area contributed by atoms with Crippen LogP contribution in [0.15, 0.2) is 58.1 Å². The Kier molecular flexibility index (Phi) is 9.40. The Morgan fingerprint density at radius 2 is 2.03 bits per heavy atom. The Morgan fingerprint density at radius 3 is 2.75 bits per heavy atom. The molecule has 0 radical (unpaired) electrons. The van der Waals surface area contributed by atoms with Gasteiger partial charge in [0.25, 0.3) is 0 Å². The molecule has 2 N–H and O–H groups in total. The van der Waals surface area contributed by atoms with Crippen LogP contribution in [0.4, 0.5) is 0 Å². The number of amides is 1. The van der Waals surface area contributed by atoms with Gasteiger partial charge in [-0.05, 0) is 30.5 Å². The van der Waals surface area contributed by atoms with Gasteiger partial charge in [0.15, 0.2) is 5.96 Å². The van der Waals surface area contributed by atoms with Gasteiger partial charge in [-0.3, -0.25) is 9.79 Å². The number of carbonyl (C=O) groups excluding carboxylic acids is 1. The van der Waals surface area contributed by atoms with E-state index in [2.05, 4.69) is 22.8 Å². The number of nitrogens with one attached hydrogen (secondary N) is 2. The second-order valence-electron chi connectivity index (χ2n) is 8.29. The number of carbonyl (C=O) groups is 1. The van der Waals surface area contributed by atoms with Gasteiger partial charge in [-0.25, -0.2) is 0 Å². The maximum atomic E-state index is 12.4. The quantitative estimate of drug-likeness (QED) is 0.299. The molecule has 7 nitrogen and oxygen atoms in total. The summed E-state index contributed by atoms with van der Waals surface area (Å²) in [5, 5.41) is 6.84. The van der Waals surface area contributed by atoms with Gasteiger partial charge in [0.2, 0.25) is 5.91 Å². The van der Waals surface area contributed by atoms with Crippen molar-refractivity contribution in [2.45, 2.75) is 37.8 Å². The Bertz CT molecular complexity index is 853. The Labute approximate surface area is 207 Å². The summed E-state index contributed by atoms with van der Waals surface area (Å²) < 4.78 is 11.2. The highest BCUT2D eigenvalue weighted by Crippen LogP contribution is 2.36. The van der Waals surface area contributed by atoms with E-state index in [0.717, 1.165) is 56.2 Å². The zero-order valence-corrected chi connectivity index (χ0v) is 20.9. The lowest BCUT2D eigenvalue weighted by atomic mass is 9.94. The third-order valence-corrected chi connectivity index (χ3v) is 6.08. The highest BCUT2D eigenvalue weighted by molar-refractivity contribution is 14.0. The van der Waals surface area contributed by atoms with Crippen LogP contribution in [-0.4, -0.2) is 56.2 Å². The number of hydrogen-bond acceptors (Lipinski definition) is 4. The minimum absolute atomic E-state index is 0. The van der Waals surface area contributed by atoms with Crippen molar-refractivity contribution in [3.63, 3.8) is 0 Å². The smallest absolute Gasteiger partial charge is 0.223 e. The molecule has 3 unspecified atom stereocenters. The first-order chi connectivity index (χ1) is 15.2. The number of rotatable bonds is 8. The molecule has 0 saturated carbocycles. The molecule has 2 aromatic rings. The fourth-order valence-corrected chi connectivity index (χ4v) is 4.42. The molecule has 1 amide bonds. The molecule has 0 aliphatic carbocycles. The van der Waals surface area contributed by atoms with Crippen LogP contribution in [0.2, 0.25) is 0 Å². The van der Waals surface area contributed by atoms with Crippen LogP contribution in [0.5, 0.6) is 0 Å². The predicted octanol–water partition coefficient (Wildman–Crippen LogP) is 3.37. The zero-order chi connectivity index (χ0) is 21.5. The van der Waals surface area contributed by atoms with Crippen LogP contribution in [0.1, 0.15) is 36.6 Å². The first kappa shape index (κ1) is 24.6. The molecule has 2 aliphatic rings. The van der Waals surface area contributed by atoms with Crippen LogP contribution in [-0.2, 0) is 16.0 Å². The molecule has 2 aliphatic heterocycles. The molecular formula is C24H33IN4O3. The van der Waals surface area contributed by atoms with E-state index in [-0.39, 0.29) is 47.9 Å². The molecule has 32 heavy (non-hydrogen) atoms. The number of guanidine groups is 1. The number of halogens is 1. The first-order valence-electron chi connectivity index (χ1n) is 11.2. The van der Waals surface area contributed by atoms with E-state index in [1.165, 1.54) is 0 Å². The monoisotopic (exact) mass is 552 g/mol. The second kappa shape index (κ2) is 12.2. The molecular weight excluding hydrogens is 519 g/mol. The molecule has 2 fully saturated rings. The predicted molar refractivity (Wildman–Crippen MR) is 135 cm³/mol. The van der Waals surface area contributed by atoms with Crippen molar-refractivity contribution in [3.8, 4) is 0 Å². The van der Waals surface area contributed by atoms with E-state index in [9.17, 15) is 4.79 Å². The first-order valence-corrected chi connectivity index (χ1v) is 11.2. The molecule has 8 heteroatoms. The van der Waals surface area contributed by atoms with E-state index in [0.29, 0.717) is 13.0 Å². The van der Waals surface area contributed by atoms with E-state index < -0.39 is 0 Å². The molecule has 3 heterocycles. The normalized spacial score (nSPS) is 23.3. The van der Waals surface area contributed by atoms with Gasteiger partial charge in [-0.1, -0.05) is 30.3 Å². The van der Waals surface area contributed by atoms with E-state index in [1.54, 1.807) is 6.26 Å². The largest absolute Gasteiger partial charge is 0.469 e. The summed E-state index contributed by atoms with van der Waals surface area (Å²) in [6.07, 6.45) is 5.41. The van der Waals surface area contributed by atoms with Crippen molar-refractivity contribution >= 4 is 35.8 Å². The second-order valence-corrected chi connectivity index (χ2v) is 8.29. The van der Waals surface area contributed by atoms with E-state index in [4.69, 9.17) is 14.1 Å². The van der Waals surface area contributed by atoms with Gasteiger partial charge in [0.05, 0.1) is 18.4 Å². The van der Waals surface area contributed by atoms with Crippen molar-refractivity contribution in [1.82, 2.24) is 15.5 Å². The minimum Gasteiger partial charge on any atom is -0.469 e. The number of hydrogen-bond donors (Lipinski definition) is 2. The molecule has 4 rings (SSSR count). The fourth-order valence-electron chi connectivity index (χ4n) is 4.42. The number of ether oxygens (including phenoxy) is 1. The average Bonchev–Trinajstić information content (AvgIpc) is 3.54. The Balaban J connectivity index is 0.00000289. The molecule has 3 atom stereocenters. The zero-order valence-electron chi connectivity index (χ0n) is 18.5. The lowest BCUT2D eigenvalue weighted by molar-refractivity contribution is -0.127. The number of furan rings is 1. The summed E-state index contributed by atoms with van der Waals surface area (Å²) in [4.78, 5) is 19.2. The summed E-state index contributed by atoms with van der Waals surface area (Å²) >= 11 is 0. The maximum absolute atomic E-state index is 12.4. The third kappa shape index (κ3) is 6.48. The highest BCUT2D eigenvalue weighted by Gasteiger charge is 2.38. The van der Waals surface area contributed by atoms with Gasteiger partial charge in [0, 0.05) is 52.0 Å². The van der Waals surface area contributed by atoms with Crippen LogP contribution in [0.3, 0.4) is 0 Å². The van der Waals surface area contributed by atoms with Crippen LogP contribution < -0.4 is 10.6 Å². The summed E-state index contributed by atoms with van der Waals surface area (Å²) in [7, 11) is 1.89. The van der Waals surface area contributed by atoms with Gasteiger partial charge in [-0.2, -0.15) is 0 Å². The van der Waals surface area contributed by atoms with E-state index >= 15 is 0 Å². The van der Waals surface area contributed by atoms with Crippen LogP contribution in [0.25, 0.3) is 0 Å². The van der Waals surface area contributed by atoms with Crippen molar-refractivity contribution < 1.29 is 13.9 Å². The van der Waals surface area contributed by atoms with Crippen LogP contribution >= 0.6 is 24.0 Å². The summed E-state index contributed by atoms with van der Waals surface area (Å²) in [6, 6.07) is 14.2. The van der Waals surface area contributed by atoms with E-state index in [1.807, 2.05) is 42.3 Å². The lowest BCUT2D eigenvalue weighted by Crippen LogP contribution is -2.42. The van der Waals surface area contributed by atoms with Crippen molar-refractivity contribution in [2.24, 2.45) is 10.9 Å². The molecule has 2 saturated heterocycles. The molecule has 1 aromatic carbocycles. The summed E-state index contributed by atoms with van der Waals surface area (Å²) in [5.74, 6) is 2.02. The Hall–Kier alpha value is -2.07. The lowest BCUT2D eigenvalue weighted by Gasteiger charge is -2.25. The maximum Gasteiger partial charge on any atom is 0.223 e. The fraction of sp³-hybridized carbons (Fsp3) is 0.500. The molecule has 0 spiro atoms. The van der Waals surface area contributed by atoms with Gasteiger partial charge in [0.1, 0.15) is 5.76 Å². The number of aliphatic imine (C=N–C) groups is 1. The van der Waals surface area contributed by atoms with Gasteiger partial charge < -0.3 is 24.7 Å². The standard InChI is InChI=1S/C24H32N4O3.HI/c1-28-22(29)15-19(23(28)18-7-3-2-4-8-18)16-26-24(27-17-21-10-6-14-31-21)25-12-11-20-9-5-13-30-20;/h2-5,7-9,13,19,21,23H,6,10-12,14-17H2,1H3,(H2,25,26,27);1H. The molecule has 174 valence electrons. The molecule has 0 bridgehead atoms. The number of benzene rings is 1. The van der Waals surface area contributed by atoms with Gasteiger partial charge in [-0.15, -0.1) is 24.0 Å².